The van der Waals surface area contributed by atoms with E-state index in [0.29, 0.717) is 18.5 Å². The Labute approximate surface area is 104 Å². The number of anilines is 1. The lowest BCUT2D eigenvalue weighted by Gasteiger charge is -2.07. The molecule has 0 spiro atoms. The molecular weight excluding hydrogens is 230 g/mol. The van der Waals surface area contributed by atoms with Gasteiger partial charge in [-0.2, -0.15) is 0 Å². The summed E-state index contributed by atoms with van der Waals surface area (Å²) >= 11 is 0. The van der Waals surface area contributed by atoms with E-state index < -0.39 is 4.92 Å². The van der Waals surface area contributed by atoms with E-state index in [2.05, 4.69) is 16.2 Å². The number of nitro groups is 1. The molecule has 1 aromatic heterocycles. The van der Waals surface area contributed by atoms with Gasteiger partial charge in [-0.05, 0) is 6.07 Å². The zero-order valence-corrected chi connectivity index (χ0v) is 9.59. The van der Waals surface area contributed by atoms with Crippen molar-refractivity contribution >= 4 is 22.3 Å². The number of nitrogens with one attached hydrogen (secondary N) is 1. The minimum atomic E-state index is -0.430. The zero-order chi connectivity index (χ0) is 13.0. The van der Waals surface area contributed by atoms with E-state index in [-0.39, 0.29) is 5.69 Å². The average molecular weight is 241 g/mol. The molecule has 0 amide bonds. The highest BCUT2D eigenvalue weighted by Crippen LogP contribution is 2.28. The van der Waals surface area contributed by atoms with Crippen LogP contribution in [0.2, 0.25) is 0 Å². The van der Waals surface area contributed by atoms with E-state index in [9.17, 15) is 10.1 Å². The number of nitro benzene ring substituents is 1. The largest absolute Gasteiger partial charge is 0.383 e. The van der Waals surface area contributed by atoms with Crippen molar-refractivity contribution in [2.24, 2.45) is 0 Å². The van der Waals surface area contributed by atoms with Gasteiger partial charge in [0.2, 0.25) is 0 Å². The molecule has 0 saturated heterocycles. The summed E-state index contributed by atoms with van der Waals surface area (Å²) in [7, 11) is 0. The van der Waals surface area contributed by atoms with Gasteiger partial charge >= 0.3 is 0 Å². The highest BCUT2D eigenvalue weighted by atomic mass is 16.6. The molecule has 0 saturated carbocycles. The molecule has 0 unspecified atom stereocenters. The molecule has 0 bridgehead atoms. The summed E-state index contributed by atoms with van der Waals surface area (Å²) in [5.41, 5.74) is 1.19. The number of terminal acetylenes is 1. The first-order valence-electron chi connectivity index (χ1n) is 5.43. The van der Waals surface area contributed by atoms with Crippen LogP contribution in [0.4, 0.5) is 11.4 Å². The van der Waals surface area contributed by atoms with Crippen molar-refractivity contribution in [1.29, 1.82) is 0 Å². The van der Waals surface area contributed by atoms with Gasteiger partial charge in [0.15, 0.2) is 0 Å². The number of fused-ring (bicyclic) bond motifs is 1. The summed E-state index contributed by atoms with van der Waals surface area (Å²) in [6.45, 7) is 0.623. The fraction of sp³-hybridized carbons (Fsp3) is 0.154. The van der Waals surface area contributed by atoms with Crippen LogP contribution in [-0.2, 0) is 0 Å². The Morgan fingerprint density at radius 1 is 1.44 bits per heavy atom. The highest BCUT2D eigenvalue weighted by molar-refractivity contribution is 5.96. The van der Waals surface area contributed by atoms with Crippen molar-refractivity contribution in [1.82, 2.24) is 4.98 Å². The monoisotopic (exact) mass is 241 g/mol. The van der Waals surface area contributed by atoms with E-state index >= 15 is 0 Å². The summed E-state index contributed by atoms with van der Waals surface area (Å²) in [5.74, 6) is 2.53. The number of hydrogen-bond donors (Lipinski definition) is 1. The van der Waals surface area contributed by atoms with Crippen molar-refractivity contribution in [3.63, 3.8) is 0 Å². The summed E-state index contributed by atoms with van der Waals surface area (Å²) < 4.78 is 0. The molecule has 1 N–H and O–H groups in total. The Balaban J connectivity index is 2.47. The van der Waals surface area contributed by atoms with Crippen LogP contribution in [0, 0.1) is 22.5 Å². The van der Waals surface area contributed by atoms with Gasteiger partial charge in [-0.15, -0.1) is 12.3 Å². The van der Waals surface area contributed by atoms with E-state index in [4.69, 9.17) is 6.42 Å². The molecule has 18 heavy (non-hydrogen) atoms. The Bertz CT molecular complexity index is 632. The first-order valence-corrected chi connectivity index (χ1v) is 5.43. The predicted octanol–water partition coefficient (Wildman–Crippen LogP) is 2.58. The van der Waals surface area contributed by atoms with Gasteiger partial charge in [0.25, 0.3) is 5.69 Å². The quantitative estimate of drug-likeness (QED) is 0.386. The topological polar surface area (TPSA) is 68.1 Å². The number of non-ortho nitro benzene ring substituents is 1. The molecule has 90 valence electrons. The molecule has 1 heterocycles. The van der Waals surface area contributed by atoms with E-state index in [1.165, 1.54) is 6.07 Å². The second-order valence-corrected chi connectivity index (χ2v) is 3.67. The summed E-state index contributed by atoms with van der Waals surface area (Å²) in [6.07, 6.45) is 7.32. The van der Waals surface area contributed by atoms with Crippen LogP contribution in [0.25, 0.3) is 10.9 Å². The van der Waals surface area contributed by atoms with Gasteiger partial charge in [-0.25, -0.2) is 4.98 Å². The number of para-hydroxylation sites is 1. The highest BCUT2D eigenvalue weighted by Gasteiger charge is 2.13. The Morgan fingerprint density at radius 3 is 3.00 bits per heavy atom. The third-order valence-electron chi connectivity index (χ3n) is 2.53. The van der Waals surface area contributed by atoms with Crippen molar-refractivity contribution in [3.05, 3.63) is 40.6 Å². The van der Waals surface area contributed by atoms with E-state index in [0.717, 1.165) is 11.1 Å². The van der Waals surface area contributed by atoms with E-state index in [1.807, 2.05) is 0 Å². The maximum atomic E-state index is 10.9. The maximum Gasteiger partial charge on any atom is 0.295 e. The second kappa shape index (κ2) is 5.15. The molecule has 5 nitrogen and oxygen atoms in total. The fourth-order valence-corrected chi connectivity index (χ4v) is 1.73. The summed E-state index contributed by atoms with van der Waals surface area (Å²) in [6, 6.07) is 6.67. The average Bonchev–Trinajstić information content (AvgIpc) is 2.38. The molecule has 0 aliphatic carbocycles. The third-order valence-corrected chi connectivity index (χ3v) is 2.53. The lowest BCUT2D eigenvalue weighted by molar-refractivity contribution is -0.383. The molecule has 0 atom stereocenters. The third kappa shape index (κ3) is 2.23. The van der Waals surface area contributed by atoms with Gasteiger partial charge in [0.1, 0.15) is 5.52 Å². The standard InChI is InChI=1S/C13H11N3O2/c1-2-3-8-14-11-7-9-15-13-10(11)5-4-6-12(13)16(17)18/h1,4-7,9H,3,8H2,(H,14,15). The fourth-order valence-electron chi connectivity index (χ4n) is 1.73. The Kier molecular flexibility index (Phi) is 3.39. The number of rotatable bonds is 4. The van der Waals surface area contributed by atoms with Crippen molar-refractivity contribution in [2.45, 2.75) is 6.42 Å². The normalized spacial score (nSPS) is 9.94. The second-order valence-electron chi connectivity index (χ2n) is 3.67. The molecule has 0 aliphatic heterocycles. The van der Waals surface area contributed by atoms with Gasteiger partial charge in [0, 0.05) is 36.3 Å². The van der Waals surface area contributed by atoms with Crippen LogP contribution in [0.15, 0.2) is 30.5 Å². The molecular formula is C13H11N3O2. The molecule has 0 aliphatic rings. The molecule has 2 rings (SSSR count). The van der Waals surface area contributed by atoms with Crippen LogP contribution < -0.4 is 5.32 Å². The van der Waals surface area contributed by atoms with Crippen LogP contribution >= 0.6 is 0 Å². The first-order chi connectivity index (χ1) is 8.74. The van der Waals surface area contributed by atoms with Crippen molar-refractivity contribution in [2.75, 3.05) is 11.9 Å². The smallest absolute Gasteiger partial charge is 0.295 e. The lowest BCUT2D eigenvalue weighted by Crippen LogP contribution is -2.01. The lowest BCUT2D eigenvalue weighted by atomic mass is 10.1. The Hall–Kier alpha value is -2.61. The van der Waals surface area contributed by atoms with Crippen LogP contribution in [0.3, 0.4) is 0 Å². The number of aromatic nitrogens is 1. The first kappa shape index (κ1) is 11.9. The zero-order valence-electron chi connectivity index (χ0n) is 9.59. The van der Waals surface area contributed by atoms with Crippen molar-refractivity contribution < 1.29 is 4.92 Å². The number of hydrogen-bond acceptors (Lipinski definition) is 4. The number of benzene rings is 1. The van der Waals surface area contributed by atoms with E-state index in [1.54, 1.807) is 24.4 Å². The van der Waals surface area contributed by atoms with Gasteiger partial charge in [-0.1, -0.05) is 12.1 Å². The summed E-state index contributed by atoms with van der Waals surface area (Å²) in [5, 5.41) is 14.8. The molecule has 2 aromatic rings. The van der Waals surface area contributed by atoms with Gasteiger partial charge in [0.05, 0.1) is 4.92 Å². The van der Waals surface area contributed by atoms with Gasteiger partial charge in [-0.3, -0.25) is 10.1 Å². The Morgan fingerprint density at radius 2 is 2.28 bits per heavy atom. The minimum absolute atomic E-state index is 0.00750. The van der Waals surface area contributed by atoms with Crippen molar-refractivity contribution in [3.8, 4) is 12.3 Å². The summed E-state index contributed by atoms with van der Waals surface area (Å²) in [4.78, 5) is 14.5. The van der Waals surface area contributed by atoms with Gasteiger partial charge < -0.3 is 5.32 Å². The molecule has 0 radical (unpaired) electrons. The van der Waals surface area contributed by atoms with Crippen LogP contribution in [-0.4, -0.2) is 16.5 Å². The SMILES string of the molecule is C#CCCNc1ccnc2c([N+](=O)[O-])cccc12. The predicted molar refractivity (Wildman–Crippen MR) is 70.3 cm³/mol. The van der Waals surface area contributed by atoms with Crippen LogP contribution in [0.5, 0.6) is 0 Å². The number of pyridine rings is 1. The minimum Gasteiger partial charge on any atom is -0.383 e. The molecule has 1 aromatic carbocycles. The molecule has 5 heteroatoms. The number of nitrogens with zero attached hydrogens (tertiary/aromatic N) is 2. The maximum absolute atomic E-state index is 10.9. The van der Waals surface area contributed by atoms with Crippen LogP contribution in [0.1, 0.15) is 6.42 Å². The molecule has 0 fully saturated rings.